The second kappa shape index (κ2) is 8.85. The van der Waals surface area contributed by atoms with Crippen LogP contribution < -0.4 is 5.32 Å². The fourth-order valence-corrected chi connectivity index (χ4v) is 2.96. The molecule has 0 aliphatic rings. The number of nitrogens with one attached hydrogen (secondary N) is 1. The van der Waals surface area contributed by atoms with Gasteiger partial charge in [-0.05, 0) is 52.0 Å². The Balaban J connectivity index is 2.19. The Labute approximate surface area is 159 Å². The zero-order chi connectivity index (χ0) is 19.3. The van der Waals surface area contributed by atoms with Crippen LogP contribution in [0.2, 0.25) is 5.02 Å². The molecule has 2 aromatic rings. The van der Waals surface area contributed by atoms with Crippen LogP contribution in [-0.4, -0.2) is 46.1 Å². The van der Waals surface area contributed by atoms with Gasteiger partial charge in [0.25, 0.3) is 0 Å². The quantitative estimate of drug-likeness (QED) is 0.807. The lowest BCUT2D eigenvalue weighted by molar-refractivity contribution is -0.135. The summed E-state index contributed by atoms with van der Waals surface area (Å²) in [6.45, 7) is 8.67. The van der Waals surface area contributed by atoms with E-state index in [2.05, 4.69) is 10.4 Å². The van der Waals surface area contributed by atoms with Gasteiger partial charge in [-0.3, -0.25) is 9.59 Å². The normalized spacial score (nSPS) is 10.7. The van der Waals surface area contributed by atoms with Gasteiger partial charge in [0.2, 0.25) is 11.8 Å². The van der Waals surface area contributed by atoms with Gasteiger partial charge in [0.15, 0.2) is 0 Å². The minimum Gasteiger partial charge on any atom is -0.355 e. The average Bonchev–Trinajstić information content (AvgIpc) is 2.88. The SMILES string of the molecule is CCNC(=O)CN(CC)C(=O)Cc1c(C)nn(-c2ccc(Cl)cc2)c1C. The number of hydrogen-bond donors (Lipinski definition) is 1. The first-order valence-electron chi connectivity index (χ1n) is 8.72. The molecule has 0 saturated heterocycles. The third-order valence-electron chi connectivity index (χ3n) is 4.28. The molecule has 0 unspecified atom stereocenters. The van der Waals surface area contributed by atoms with Crippen molar-refractivity contribution in [1.82, 2.24) is 20.0 Å². The molecule has 0 radical (unpaired) electrons. The van der Waals surface area contributed by atoms with E-state index in [0.29, 0.717) is 18.1 Å². The van der Waals surface area contributed by atoms with Gasteiger partial charge in [-0.15, -0.1) is 0 Å². The summed E-state index contributed by atoms with van der Waals surface area (Å²) in [5.41, 5.74) is 3.50. The number of halogens is 1. The number of carbonyl (C=O) groups is 2. The van der Waals surface area contributed by atoms with E-state index in [1.807, 2.05) is 56.6 Å². The first kappa shape index (κ1) is 20.0. The molecule has 0 saturated carbocycles. The molecule has 1 heterocycles. The Morgan fingerprint density at radius 2 is 1.85 bits per heavy atom. The Morgan fingerprint density at radius 1 is 1.19 bits per heavy atom. The lowest BCUT2D eigenvalue weighted by atomic mass is 10.1. The van der Waals surface area contributed by atoms with Gasteiger partial charge < -0.3 is 10.2 Å². The van der Waals surface area contributed by atoms with Gasteiger partial charge in [-0.1, -0.05) is 11.6 Å². The van der Waals surface area contributed by atoms with E-state index >= 15 is 0 Å². The predicted octanol–water partition coefficient (Wildman–Crippen LogP) is 2.67. The van der Waals surface area contributed by atoms with E-state index in [9.17, 15) is 9.59 Å². The number of benzene rings is 1. The third kappa shape index (κ3) is 4.64. The average molecular weight is 377 g/mol. The van der Waals surface area contributed by atoms with Crippen LogP contribution >= 0.6 is 11.6 Å². The zero-order valence-corrected chi connectivity index (χ0v) is 16.4. The minimum absolute atomic E-state index is 0.0760. The van der Waals surface area contributed by atoms with E-state index in [4.69, 9.17) is 11.6 Å². The van der Waals surface area contributed by atoms with E-state index in [0.717, 1.165) is 22.6 Å². The molecule has 26 heavy (non-hydrogen) atoms. The van der Waals surface area contributed by atoms with Crippen LogP contribution in [0.4, 0.5) is 0 Å². The van der Waals surface area contributed by atoms with E-state index in [1.165, 1.54) is 0 Å². The van der Waals surface area contributed by atoms with Crippen molar-refractivity contribution in [2.24, 2.45) is 0 Å². The van der Waals surface area contributed by atoms with E-state index in [-0.39, 0.29) is 24.8 Å². The first-order chi connectivity index (χ1) is 12.4. The van der Waals surface area contributed by atoms with Crippen molar-refractivity contribution in [2.45, 2.75) is 34.1 Å². The van der Waals surface area contributed by atoms with Gasteiger partial charge in [0.05, 0.1) is 24.3 Å². The molecular formula is C19H25ClN4O2. The molecule has 1 aromatic heterocycles. The van der Waals surface area contributed by atoms with Crippen LogP contribution in [0.1, 0.15) is 30.8 Å². The second-order valence-corrected chi connectivity index (χ2v) is 6.51. The van der Waals surface area contributed by atoms with Gasteiger partial charge >= 0.3 is 0 Å². The highest BCUT2D eigenvalue weighted by Gasteiger charge is 2.20. The molecular weight excluding hydrogens is 352 g/mol. The molecule has 2 rings (SSSR count). The number of rotatable bonds is 7. The Kier molecular flexibility index (Phi) is 6.80. The van der Waals surface area contributed by atoms with Crippen molar-refractivity contribution in [1.29, 1.82) is 0 Å². The number of aryl methyl sites for hydroxylation is 1. The fraction of sp³-hybridized carbons (Fsp3) is 0.421. The second-order valence-electron chi connectivity index (χ2n) is 6.08. The summed E-state index contributed by atoms with van der Waals surface area (Å²) in [6.07, 6.45) is 0.221. The topological polar surface area (TPSA) is 67.2 Å². The van der Waals surface area contributed by atoms with Crippen molar-refractivity contribution < 1.29 is 9.59 Å². The van der Waals surface area contributed by atoms with Crippen LogP contribution in [0, 0.1) is 13.8 Å². The van der Waals surface area contributed by atoms with Crippen LogP contribution in [0.3, 0.4) is 0 Å². The highest BCUT2D eigenvalue weighted by molar-refractivity contribution is 6.30. The molecule has 2 amide bonds. The van der Waals surface area contributed by atoms with Crippen LogP contribution in [0.25, 0.3) is 5.69 Å². The lowest BCUT2D eigenvalue weighted by Crippen LogP contribution is -2.41. The summed E-state index contributed by atoms with van der Waals surface area (Å²) in [5, 5.41) is 7.95. The summed E-state index contributed by atoms with van der Waals surface area (Å²) >= 11 is 5.95. The van der Waals surface area contributed by atoms with Gasteiger partial charge in [0, 0.05) is 29.4 Å². The molecule has 0 spiro atoms. The maximum atomic E-state index is 12.7. The lowest BCUT2D eigenvalue weighted by Gasteiger charge is -2.20. The van der Waals surface area contributed by atoms with Crippen molar-refractivity contribution in [2.75, 3.05) is 19.6 Å². The number of nitrogens with zero attached hydrogens (tertiary/aromatic N) is 3. The first-order valence-corrected chi connectivity index (χ1v) is 9.10. The summed E-state index contributed by atoms with van der Waals surface area (Å²) in [7, 11) is 0. The summed E-state index contributed by atoms with van der Waals surface area (Å²) in [6, 6.07) is 7.40. The van der Waals surface area contributed by atoms with Crippen LogP contribution in [-0.2, 0) is 16.0 Å². The highest BCUT2D eigenvalue weighted by atomic mass is 35.5. The molecule has 0 atom stereocenters. The highest BCUT2D eigenvalue weighted by Crippen LogP contribution is 2.20. The van der Waals surface area contributed by atoms with E-state index < -0.39 is 0 Å². The summed E-state index contributed by atoms with van der Waals surface area (Å²) in [4.78, 5) is 26.0. The maximum Gasteiger partial charge on any atom is 0.239 e. The minimum atomic E-state index is -0.145. The van der Waals surface area contributed by atoms with Gasteiger partial charge in [-0.2, -0.15) is 5.10 Å². The molecule has 6 nitrogen and oxygen atoms in total. The Hall–Kier alpha value is -2.34. The van der Waals surface area contributed by atoms with Crippen LogP contribution in [0.5, 0.6) is 0 Å². The predicted molar refractivity (Wildman–Crippen MR) is 103 cm³/mol. The zero-order valence-electron chi connectivity index (χ0n) is 15.7. The van der Waals surface area contributed by atoms with Crippen molar-refractivity contribution >= 4 is 23.4 Å². The van der Waals surface area contributed by atoms with Crippen molar-refractivity contribution in [3.05, 3.63) is 46.2 Å². The van der Waals surface area contributed by atoms with E-state index in [1.54, 1.807) is 4.90 Å². The Morgan fingerprint density at radius 3 is 2.42 bits per heavy atom. The molecule has 1 N–H and O–H groups in total. The number of amides is 2. The monoisotopic (exact) mass is 376 g/mol. The summed E-state index contributed by atoms with van der Waals surface area (Å²) in [5.74, 6) is -0.228. The van der Waals surface area contributed by atoms with Crippen LogP contribution in [0.15, 0.2) is 24.3 Å². The van der Waals surface area contributed by atoms with Crippen molar-refractivity contribution in [3.8, 4) is 5.69 Å². The number of hydrogen-bond acceptors (Lipinski definition) is 3. The Bertz CT molecular complexity index is 784. The molecule has 1 aromatic carbocycles. The van der Waals surface area contributed by atoms with Gasteiger partial charge in [-0.25, -0.2) is 4.68 Å². The molecule has 7 heteroatoms. The number of carbonyl (C=O) groups excluding carboxylic acids is 2. The number of likely N-dealkylation sites (N-methyl/N-ethyl adjacent to an activating group) is 2. The molecule has 0 fully saturated rings. The molecule has 0 bridgehead atoms. The molecule has 0 aliphatic carbocycles. The third-order valence-corrected chi connectivity index (χ3v) is 4.54. The van der Waals surface area contributed by atoms with Gasteiger partial charge in [0.1, 0.15) is 0 Å². The van der Waals surface area contributed by atoms with Crippen molar-refractivity contribution in [3.63, 3.8) is 0 Å². The number of aromatic nitrogens is 2. The largest absolute Gasteiger partial charge is 0.355 e. The molecule has 0 aliphatic heterocycles. The maximum absolute atomic E-state index is 12.7. The molecule has 140 valence electrons. The smallest absolute Gasteiger partial charge is 0.239 e. The standard InChI is InChI=1S/C19H25ClN4O2/c1-5-21-18(25)12-23(6-2)19(26)11-17-13(3)22-24(14(17)4)16-9-7-15(20)8-10-16/h7-10H,5-6,11-12H2,1-4H3,(H,21,25). The fourth-order valence-electron chi connectivity index (χ4n) is 2.83. The summed E-state index contributed by atoms with van der Waals surface area (Å²) < 4.78 is 1.81.